The van der Waals surface area contributed by atoms with Gasteiger partial charge in [-0.2, -0.15) is 0 Å². The van der Waals surface area contributed by atoms with Crippen molar-refractivity contribution in [1.82, 2.24) is 0 Å². The molecule has 5 nitrogen and oxygen atoms in total. The van der Waals surface area contributed by atoms with E-state index in [1.165, 1.54) is 4.90 Å². The van der Waals surface area contributed by atoms with Gasteiger partial charge in [0.2, 0.25) is 11.8 Å². The predicted molar refractivity (Wildman–Crippen MR) is 122 cm³/mol. The van der Waals surface area contributed by atoms with E-state index in [4.69, 9.17) is 0 Å². The number of imide groups is 1. The molecule has 2 aromatic carbocycles. The zero-order valence-electron chi connectivity index (χ0n) is 18.5. The van der Waals surface area contributed by atoms with Crippen LogP contribution in [0.3, 0.4) is 0 Å². The minimum Gasteiger partial charge on any atom is -0.321 e. The Labute approximate surface area is 183 Å². The third-order valence-electron chi connectivity index (χ3n) is 6.81. The van der Waals surface area contributed by atoms with Crippen molar-refractivity contribution < 1.29 is 14.4 Å². The third-order valence-corrected chi connectivity index (χ3v) is 6.81. The lowest BCUT2D eigenvalue weighted by atomic mass is 9.76. The topological polar surface area (TPSA) is 66.5 Å². The molecule has 0 spiro atoms. The molecule has 0 radical (unpaired) electrons. The van der Waals surface area contributed by atoms with Gasteiger partial charge in [0.1, 0.15) is 0 Å². The molecular formula is C26H30N2O3. The van der Waals surface area contributed by atoms with Crippen molar-refractivity contribution in [2.24, 2.45) is 17.8 Å². The lowest BCUT2D eigenvalue weighted by Crippen LogP contribution is -2.33. The van der Waals surface area contributed by atoms with Gasteiger partial charge in [-0.3, -0.25) is 14.4 Å². The fourth-order valence-electron chi connectivity index (χ4n) is 5.07. The smallest absolute Gasteiger partial charge is 0.257 e. The highest BCUT2D eigenvalue weighted by Gasteiger charge is 2.50. The molecule has 4 rings (SSSR count). The number of para-hydroxylation sites is 2. The monoisotopic (exact) mass is 418 g/mol. The van der Waals surface area contributed by atoms with Crippen molar-refractivity contribution in [2.45, 2.75) is 52.9 Å². The van der Waals surface area contributed by atoms with Gasteiger partial charge < -0.3 is 5.32 Å². The van der Waals surface area contributed by atoms with Crippen LogP contribution in [-0.2, 0) is 22.4 Å². The van der Waals surface area contributed by atoms with E-state index in [-0.39, 0.29) is 29.6 Å². The van der Waals surface area contributed by atoms with Crippen molar-refractivity contribution in [3.8, 4) is 0 Å². The molecule has 1 saturated heterocycles. The number of hydrogen-bond donors (Lipinski definition) is 1. The summed E-state index contributed by atoms with van der Waals surface area (Å²) in [5, 5.41) is 3.07. The number of aryl methyl sites for hydroxylation is 2. The van der Waals surface area contributed by atoms with E-state index in [9.17, 15) is 14.4 Å². The molecule has 1 N–H and O–H groups in total. The van der Waals surface area contributed by atoms with Gasteiger partial charge in [0.15, 0.2) is 0 Å². The summed E-state index contributed by atoms with van der Waals surface area (Å²) >= 11 is 0. The van der Waals surface area contributed by atoms with Crippen LogP contribution >= 0.6 is 0 Å². The lowest BCUT2D eigenvalue weighted by Gasteiger charge is -2.25. The maximum Gasteiger partial charge on any atom is 0.257 e. The first-order chi connectivity index (χ1) is 15.0. The first-order valence-corrected chi connectivity index (χ1v) is 11.3. The summed E-state index contributed by atoms with van der Waals surface area (Å²) in [5.74, 6) is -0.702. The van der Waals surface area contributed by atoms with Gasteiger partial charge in [-0.15, -0.1) is 0 Å². The molecule has 162 valence electrons. The molecule has 1 aliphatic carbocycles. The second kappa shape index (κ2) is 8.66. The summed E-state index contributed by atoms with van der Waals surface area (Å²) in [4.78, 5) is 41.0. The van der Waals surface area contributed by atoms with Crippen LogP contribution in [0.15, 0.2) is 42.5 Å². The number of amides is 3. The maximum atomic E-state index is 13.3. The van der Waals surface area contributed by atoms with Crippen LogP contribution in [0.2, 0.25) is 0 Å². The van der Waals surface area contributed by atoms with E-state index in [1.807, 2.05) is 18.2 Å². The molecule has 0 aromatic heterocycles. The van der Waals surface area contributed by atoms with E-state index >= 15 is 0 Å². The Morgan fingerprint density at radius 1 is 0.935 bits per heavy atom. The number of carbonyl (C=O) groups is 3. The summed E-state index contributed by atoms with van der Waals surface area (Å²) in [6.45, 7) is 6.25. The standard InChI is InChI=1S/C26H30N2O3/c1-4-17-9-8-10-18(5-2)23(17)27-24(29)20-11-6-7-12-22(20)28-25(30)19-14-13-16(3)15-21(19)26(28)31/h6-12,16,19,21H,4-5,13-15H2,1-3H3,(H,27,29)/t16-,19-,21+/m1/s1. The summed E-state index contributed by atoms with van der Waals surface area (Å²) in [6.07, 6.45) is 4.05. The fourth-order valence-corrected chi connectivity index (χ4v) is 5.07. The van der Waals surface area contributed by atoms with E-state index in [0.717, 1.165) is 48.9 Å². The minimum atomic E-state index is -0.296. The number of benzene rings is 2. The second-order valence-electron chi connectivity index (χ2n) is 8.77. The largest absolute Gasteiger partial charge is 0.321 e. The van der Waals surface area contributed by atoms with E-state index < -0.39 is 0 Å². The van der Waals surface area contributed by atoms with Crippen LogP contribution in [0.5, 0.6) is 0 Å². The highest BCUT2D eigenvalue weighted by atomic mass is 16.2. The van der Waals surface area contributed by atoms with E-state index in [1.54, 1.807) is 24.3 Å². The number of rotatable bonds is 5. The van der Waals surface area contributed by atoms with Crippen molar-refractivity contribution >= 4 is 29.1 Å². The zero-order chi connectivity index (χ0) is 22.1. The van der Waals surface area contributed by atoms with Crippen molar-refractivity contribution in [1.29, 1.82) is 0 Å². The summed E-state index contributed by atoms with van der Waals surface area (Å²) in [5.41, 5.74) is 3.71. The Bertz CT molecular complexity index is 1010. The maximum absolute atomic E-state index is 13.3. The SMILES string of the molecule is CCc1cccc(CC)c1NC(=O)c1ccccc1N1C(=O)[C@H]2C[C@H](C)CC[C@H]2C1=O. The normalized spacial score (nSPS) is 23.1. The first kappa shape index (κ1) is 21.3. The molecule has 2 fully saturated rings. The van der Waals surface area contributed by atoms with Gasteiger partial charge in [0.05, 0.1) is 23.1 Å². The van der Waals surface area contributed by atoms with Gasteiger partial charge in [0, 0.05) is 5.69 Å². The summed E-state index contributed by atoms with van der Waals surface area (Å²) in [6, 6.07) is 13.0. The van der Waals surface area contributed by atoms with Crippen molar-refractivity contribution in [3.05, 3.63) is 59.2 Å². The Kier molecular flexibility index (Phi) is 5.94. The van der Waals surface area contributed by atoms with Gasteiger partial charge in [-0.05, 0) is 61.3 Å². The molecule has 3 atom stereocenters. The van der Waals surface area contributed by atoms with Crippen LogP contribution in [0, 0.1) is 17.8 Å². The molecule has 0 unspecified atom stereocenters. The molecule has 1 heterocycles. The lowest BCUT2D eigenvalue weighted by molar-refractivity contribution is -0.122. The van der Waals surface area contributed by atoms with E-state index in [0.29, 0.717) is 17.2 Å². The van der Waals surface area contributed by atoms with Crippen LogP contribution in [0.4, 0.5) is 11.4 Å². The van der Waals surface area contributed by atoms with Crippen LogP contribution in [0.1, 0.15) is 61.5 Å². The van der Waals surface area contributed by atoms with Gasteiger partial charge in [-0.1, -0.05) is 51.1 Å². The zero-order valence-corrected chi connectivity index (χ0v) is 18.5. The number of fused-ring (bicyclic) bond motifs is 1. The fraction of sp³-hybridized carbons (Fsp3) is 0.423. The summed E-state index contributed by atoms with van der Waals surface area (Å²) < 4.78 is 0. The Morgan fingerprint density at radius 3 is 2.26 bits per heavy atom. The van der Waals surface area contributed by atoms with E-state index in [2.05, 4.69) is 26.1 Å². The number of nitrogens with one attached hydrogen (secondary N) is 1. The Balaban J connectivity index is 1.68. The first-order valence-electron chi connectivity index (χ1n) is 11.3. The van der Waals surface area contributed by atoms with Crippen molar-refractivity contribution in [2.75, 3.05) is 10.2 Å². The number of anilines is 2. The van der Waals surface area contributed by atoms with Crippen LogP contribution < -0.4 is 10.2 Å². The summed E-state index contributed by atoms with van der Waals surface area (Å²) in [7, 11) is 0. The number of carbonyl (C=O) groups excluding carboxylic acids is 3. The van der Waals surface area contributed by atoms with Gasteiger partial charge in [0.25, 0.3) is 5.91 Å². The quantitative estimate of drug-likeness (QED) is 0.696. The second-order valence-corrected chi connectivity index (χ2v) is 8.77. The highest BCUT2D eigenvalue weighted by Crippen LogP contribution is 2.43. The molecule has 2 aromatic rings. The van der Waals surface area contributed by atoms with Gasteiger partial charge in [-0.25, -0.2) is 4.90 Å². The molecule has 0 bridgehead atoms. The third kappa shape index (κ3) is 3.78. The highest BCUT2D eigenvalue weighted by molar-refractivity contribution is 6.24. The number of hydrogen-bond acceptors (Lipinski definition) is 3. The molecule has 1 saturated carbocycles. The average Bonchev–Trinajstić information content (AvgIpc) is 3.03. The Hall–Kier alpha value is -2.95. The average molecular weight is 419 g/mol. The van der Waals surface area contributed by atoms with Gasteiger partial charge >= 0.3 is 0 Å². The van der Waals surface area contributed by atoms with Crippen molar-refractivity contribution in [3.63, 3.8) is 0 Å². The molecular weight excluding hydrogens is 388 g/mol. The van der Waals surface area contributed by atoms with Crippen LogP contribution in [0.25, 0.3) is 0 Å². The molecule has 1 aliphatic heterocycles. The number of nitrogens with zero attached hydrogens (tertiary/aromatic N) is 1. The molecule has 2 aliphatic rings. The minimum absolute atomic E-state index is 0.162. The Morgan fingerprint density at radius 2 is 1.58 bits per heavy atom. The van der Waals surface area contributed by atoms with Crippen LogP contribution in [-0.4, -0.2) is 17.7 Å². The molecule has 5 heteroatoms. The molecule has 3 amide bonds. The predicted octanol–water partition coefficient (Wildman–Crippen LogP) is 4.99. The molecule has 31 heavy (non-hydrogen) atoms.